The van der Waals surface area contributed by atoms with E-state index >= 15 is 0 Å². The molecule has 0 aliphatic carbocycles. The molecule has 0 amide bonds. The van der Waals surface area contributed by atoms with E-state index in [-0.39, 0.29) is 0 Å². The SMILES string of the molecule is Clc1ccc(-c2oncc2-c2ccccn2)cc1. The lowest BCUT2D eigenvalue weighted by Crippen LogP contribution is -1.82. The molecule has 0 spiro atoms. The van der Waals surface area contributed by atoms with Crippen LogP contribution < -0.4 is 0 Å². The number of benzene rings is 1. The van der Waals surface area contributed by atoms with E-state index in [2.05, 4.69) is 10.1 Å². The summed E-state index contributed by atoms with van der Waals surface area (Å²) in [4.78, 5) is 4.30. The van der Waals surface area contributed by atoms with E-state index in [1.54, 1.807) is 12.4 Å². The van der Waals surface area contributed by atoms with Gasteiger partial charge in [0.2, 0.25) is 0 Å². The largest absolute Gasteiger partial charge is 0.356 e. The maximum Gasteiger partial charge on any atom is 0.176 e. The molecule has 3 nitrogen and oxygen atoms in total. The molecule has 0 bridgehead atoms. The second-order valence-electron chi connectivity index (χ2n) is 3.79. The molecule has 3 aromatic rings. The molecule has 0 saturated carbocycles. The van der Waals surface area contributed by atoms with Gasteiger partial charge in [0, 0.05) is 16.8 Å². The van der Waals surface area contributed by atoms with Gasteiger partial charge in [-0.1, -0.05) is 22.8 Å². The quantitative estimate of drug-likeness (QED) is 0.694. The van der Waals surface area contributed by atoms with Crippen molar-refractivity contribution in [1.82, 2.24) is 10.1 Å². The minimum Gasteiger partial charge on any atom is -0.356 e. The summed E-state index contributed by atoms with van der Waals surface area (Å²) in [5.74, 6) is 0.699. The lowest BCUT2D eigenvalue weighted by atomic mass is 10.1. The Kier molecular flexibility index (Phi) is 2.82. The highest BCUT2D eigenvalue weighted by Gasteiger charge is 2.13. The zero-order valence-electron chi connectivity index (χ0n) is 9.38. The first-order chi connectivity index (χ1) is 8.84. The number of hydrogen-bond donors (Lipinski definition) is 0. The van der Waals surface area contributed by atoms with Gasteiger partial charge >= 0.3 is 0 Å². The number of hydrogen-bond acceptors (Lipinski definition) is 3. The van der Waals surface area contributed by atoms with Crippen molar-refractivity contribution in [2.24, 2.45) is 0 Å². The maximum absolute atomic E-state index is 5.87. The molecule has 1 aromatic carbocycles. The van der Waals surface area contributed by atoms with E-state index in [0.29, 0.717) is 10.8 Å². The molecule has 0 N–H and O–H groups in total. The van der Waals surface area contributed by atoms with Crippen LogP contribution in [0.3, 0.4) is 0 Å². The third kappa shape index (κ3) is 2.00. The molecular weight excluding hydrogens is 248 g/mol. The van der Waals surface area contributed by atoms with Crippen molar-refractivity contribution < 1.29 is 4.52 Å². The summed E-state index contributed by atoms with van der Waals surface area (Å²) in [5.41, 5.74) is 2.64. The van der Waals surface area contributed by atoms with Crippen molar-refractivity contribution in [3.8, 4) is 22.6 Å². The predicted octanol–water partition coefficient (Wildman–Crippen LogP) is 4.06. The van der Waals surface area contributed by atoms with Crippen LogP contribution in [0.5, 0.6) is 0 Å². The summed E-state index contributed by atoms with van der Waals surface area (Å²) in [7, 11) is 0. The Morgan fingerprint density at radius 1 is 1.00 bits per heavy atom. The van der Waals surface area contributed by atoms with Crippen molar-refractivity contribution in [2.75, 3.05) is 0 Å². The van der Waals surface area contributed by atoms with Crippen molar-refractivity contribution in [3.63, 3.8) is 0 Å². The Balaban J connectivity index is 2.10. The highest BCUT2D eigenvalue weighted by molar-refractivity contribution is 6.30. The van der Waals surface area contributed by atoms with Crippen LogP contribution in [0.2, 0.25) is 5.02 Å². The second kappa shape index (κ2) is 4.63. The van der Waals surface area contributed by atoms with Gasteiger partial charge in [-0.05, 0) is 36.4 Å². The zero-order chi connectivity index (χ0) is 12.4. The third-order valence-electron chi connectivity index (χ3n) is 2.62. The first-order valence-electron chi connectivity index (χ1n) is 5.46. The standard InChI is InChI=1S/C14H9ClN2O/c15-11-6-4-10(5-7-11)14-12(9-17-18-14)13-3-1-2-8-16-13/h1-9H. The van der Waals surface area contributed by atoms with Crippen molar-refractivity contribution in [3.05, 3.63) is 59.9 Å². The number of pyridine rings is 1. The lowest BCUT2D eigenvalue weighted by Gasteiger charge is -2.00. The fourth-order valence-electron chi connectivity index (χ4n) is 1.75. The molecule has 0 aliphatic rings. The Hall–Kier alpha value is -2.13. The van der Waals surface area contributed by atoms with Crippen LogP contribution in [0.4, 0.5) is 0 Å². The van der Waals surface area contributed by atoms with Crippen LogP contribution in [0.25, 0.3) is 22.6 Å². The van der Waals surface area contributed by atoms with Gasteiger partial charge in [0.15, 0.2) is 5.76 Å². The molecule has 0 aliphatic heterocycles. The monoisotopic (exact) mass is 256 g/mol. The van der Waals surface area contributed by atoms with Gasteiger partial charge in [0.05, 0.1) is 17.5 Å². The van der Waals surface area contributed by atoms with Crippen LogP contribution in [0, 0.1) is 0 Å². The van der Waals surface area contributed by atoms with E-state index in [4.69, 9.17) is 16.1 Å². The fraction of sp³-hybridized carbons (Fsp3) is 0. The van der Waals surface area contributed by atoms with Crippen LogP contribution >= 0.6 is 11.6 Å². The van der Waals surface area contributed by atoms with E-state index in [1.165, 1.54) is 0 Å². The van der Waals surface area contributed by atoms with Crippen LogP contribution in [-0.2, 0) is 0 Å². The first kappa shape index (κ1) is 11.0. The minimum atomic E-state index is 0.692. The molecular formula is C14H9ClN2O. The zero-order valence-corrected chi connectivity index (χ0v) is 10.1. The maximum atomic E-state index is 5.87. The summed E-state index contributed by atoms with van der Waals surface area (Å²) in [5, 5.41) is 4.54. The molecule has 2 heterocycles. The van der Waals surface area contributed by atoms with Crippen LogP contribution in [0.15, 0.2) is 59.4 Å². The van der Waals surface area contributed by atoms with Crippen molar-refractivity contribution in [1.29, 1.82) is 0 Å². The van der Waals surface area contributed by atoms with E-state index in [0.717, 1.165) is 16.8 Å². The van der Waals surface area contributed by atoms with Gasteiger partial charge in [-0.25, -0.2) is 0 Å². The number of aromatic nitrogens is 2. The summed E-state index contributed by atoms with van der Waals surface area (Å²) >= 11 is 5.87. The van der Waals surface area contributed by atoms with E-state index < -0.39 is 0 Å². The fourth-order valence-corrected chi connectivity index (χ4v) is 1.88. The smallest absolute Gasteiger partial charge is 0.176 e. The van der Waals surface area contributed by atoms with Gasteiger partial charge in [-0.15, -0.1) is 0 Å². The molecule has 4 heteroatoms. The second-order valence-corrected chi connectivity index (χ2v) is 4.23. The van der Waals surface area contributed by atoms with Gasteiger partial charge in [0.25, 0.3) is 0 Å². The highest BCUT2D eigenvalue weighted by atomic mass is 35.5. The molecule has 18 heavy (non-hydrogen) atoms. The van der Waals surface area contributed by atoms with Crippen molar-refractivity contribution >= 4 is 11.6 Å². The van der Waals surface area contributed by atoms with Crippen LogP contribution in [-0.4, -0.2) is 10.1 Å². The number of rotatable bonds is 2. The van der Waals surface area contributed by atoms with E-state index in [1.807, 2.05) is 42.5 Å². The molecule has 0 saturated heterocycles. The summed E-state index contributed by atoms with van der Waals surface area (Å²) in [6.45, 7) is 0. The lowest BCUT2D eigenvalue weighted by molar-refractivity contribution is 0.432. The Morgan fingerprint density at radius 2 is 1.83 bits per heavy atom. The van der Waals surface area contributed by atoms with Gasteiger partial charge < -0.3 is 4.52 Å². The molecule has 3 rings (SSSR count). The number of nitrogens with zero attached hydrogens (tertiary/aromatic N) is 2. The van der Waals surface area contributed by atoms with E-state index in [9.17, 15) is 0 Å². The predicted molar refractivity (Wildman–Crippen MR) is 70.2 cm³/mol. The topological polar surface area (TPSA) is 38.9 Å². The molecule has 0 fully saturated rings. The normalized spacial score (nSPS) is 10.5. The Labute approximate surface area is 109 Å². The Bertz CT molecular complexity index is 647. The van der Waals surface area contributed by atoms with Gasteiger partial charge in [-0.2, -0.15) is 0 Å². The summed E-state index contributed by atoms with van der Waals surface area (Å²) in [6, 6.07) is 13.2. The average Bonchev–Trinajstić information content (AvgIpc) is 2.90. The summed E-state index contributed by atoms with van der Waals surface area (Å²) < 4.78 is 5.31. The molecule has 2 aromatic heterocycles. The van der Waals surface area contributed by atoms with Crippen molar-refractivity contribution in [2.45, 2.75) is 0 Å². The van der Waals surface area contributed by atoms with Gasteiger partial charge in [0.1, 0.15) is 0 Å². The minimum absolute atomic E-state index is 0.692. The Morgan fingerprint density at radius 3 is 2.56 bits per heavy atom. The molecule has 88 valence electrons. The first-order valence-corrected chi connectivity index (χ1v) is 5.84. The summed E-state index contributed by atoms with van der Waals surface area (Å²) in [6.07, 6.45) is 3.42. The molecule has 0 radical (unpaired) electrons. The molecule has 0 atom stereocenters. The van der Waals surface area contributed by atoms with Crippen LogP contribution in [0.1, 0.15) is 0 Å². The highest BCUT2D eigenvalue weighted by Crippen LogP contribution is 2.31. The third-order valence-corrected chi connectivity index (χ3v) is 2.87. The average molecular weight is 257 g/mol. The molecule has 0 unspecified atom stereocenters. The number of halogens is 1. The van der Waals surface area contributed by atoms with Gasteiger partial charge in [-0.3, -0.25) is 4.98 Å².